The van der Waals surface area contributed by atoms with E-state index in [2.05, 4.69) is 43.2 Å². The lowest BCUT2D eigenvalue weighted by molar-refractivity contribution is -0.126. The van der Waals surface area contributed by atoms with E-state index in [0.717, 1.165) is 13.1 Å². The molecule has 1 fully saturated rings. The third-order valence-corrected chi connectivity index (χ3v) is 4.12. The lowest BCUT2D eigenvalue weighted by Gasteiger charge is -2.29. The van der Waals surface area contributed by atoms with Gasteiger partial charge in [0.05, 0.1) is 5.92 Å². The number of rotatable bonds is 4. The van der Waals surface area contributed by atoms with Crippen LogP contribution in [0, 0.1) is 11.8 Å². The van der Waals surface area contributed by atoms with Crippen molar-refractivity contribution in [1.82, 2.24) is 15.2 Å². The molecule has 0 spiro atoms. The highest BCUT2D eigenvalue weighted by atomic mass is 16.2. The molecule has 0 aliphatic carbocycles. The molecule has 0 saturated carbocycles. The summed E-state index contributed by atoms with van der Waals surface area (Å²) in [5.74, 6) is 5.66. The Bertz CT molecular complexity index is 269. The molecule has 0 bridgehead atoms. The minimum atomic E-state index is -0.0848. The zero-order valence-electron chi connectivity index (χ0n) is 11.6. The molecule has 1 heterocycles. The molecule has 0 radical (unpaired) electrons. The minimum absolute atomic E-state index is 0.0758. The van der Waals surface area contributed by atoms with Crippen LogP contribution in [0.5, 0.6) is 0 Å². The van der Waals surface area contributed by atoms with E-state index in [1.54, 1.807) is 0 Å². The van der Waals surface area contributed by atoms with Crippen LogP contribution in [0.25, 0.3) is 0 Å². The van der Waals surface area contributed by atoms with Crippen molar-refractivity contribution in [3.8, 4) is 0 Å². The SMILES string of the molecule is CC1CN(C(C)C(C)C(=O)NN)CC1N(C)C. The molecule has 17 heavy (non-hydrogen) atoms. The van der Waals surface area contributed by atoms with E-state index in [4.69, 9.17) is 5.84 Å². The van der Waals surface area contributed by atoms with Crippen LogP contribution in [0.15, 0.2) is 0 Å². The molecule has 5 nitrogen and oxygen atoms in total. The molecule has 1 rings (SSSR count). The highest BCUT2D eigenvalue weighted by Crippen LogP contribution is 2.24. The van der Waals surface area contributed by atoms with Gasteiger partial charge >= 0.3 is 0 Å². The number of likely N-dealkylation sites (tertiary alicyclic amines) is 1. The molecule has 4 unspecified atom stereocenters. The van der Waals surface area contributed by atoms with Crippen LogP contribution in [-0.2, 0) is 4.79 Å². The molecule has 1 saturated heterocycles. The van der Waals surface area contributed by atoms with Crippen LogP contribution in [0.2, 0.25) is 0 Å². The van der Waals surface area contributed by atoms with Gasteiger partial charge in [0, 0.05) is 25.2 Å². The number of carbonyl (C=O) groups excluding carboxylic acids is 1. The average Bonchev–Trinajstić information content (AvgIpc) is 2.68. The number of amides is 1. The topological polar surface area (TPSA) is 61.6 Å². The number of nitrogens with zero attached hydrogens (tertiary/aromatic N) is 2. The summed E-state index contributed by atoms with van der Waals surface area (Å²) in [6.07, 6.45) is 0. The van der Waals surface area contributed by atoms with Crippen LogP contribution in [-0.4, -0.2) is 55.0 Å². The van der Waals surface area contributed by atoms with Crippen molar-refractivity contribution in [3.05, 3.63) is 0 Å². The van der Waals surface area contributed by atoms with Gasteiger partial charge in [0.2, 0.25) is 5.91 Å². The fourth-order valence-corrected chi connectivity index (χ4v) is 2.66. The highest BCUT2D eigenvalue weighted by molar-refractivity contribution is 5.78. The van der Waals surface area contributed by atoms with E-state index in [-0.39, 0.29) is 17.9 Å². The first-order valence-electron chi connectivity index (χ1n) is 6.29. The summed E-state index contributed by atoms with van der Waals surface area (Å²) in [7, 11) is 4.23. The first-order valence-corrected chi connectivity index (χ1v) is 6.29. The summed E-state index contributed by atoms with van der Waals surface area (Å²) in [4.78, 5) is 16.2. The van der Waals surface area contributed by atoms with E-state index in [9.17, 15) is 4.79 Å². The van der Waals surface area contributed by atoms with Gasteiger partial charge in [-0.3, -0.25) is 15.1 Å². The Morgan fingerprint density at radius 1 is 1.41 bits per heavy atom. The molecular weight excluding hydrogens is 216 g/mol. The molecular formula is C12H26N4O. The van der Waals surface area contributed by atoms with Gasteiger partial charge in [-0.05, 0) is 26.9 Å². The zero-order chi connectivity index (χ0) is 13.2. The maximum absolute atomic E-state index is 11.5. The standard InChI is InChI=1S/C12H26N4O/c1-8-6-16(7-11(8)15(4)5)10(3)9(2)12(17)14-13/h8-11H,6-7,13H2,1-5H3,(H,14,17). The average molecular weight is 242 g/mol. The van der Waals surface area contributed by atoms with Gasteiger partial charge in [-0.1, -0.05) is 13.8 Å². The fourth-order valence-electron chi connectivity index (χ4n) is 2.66. The van der Waals surface area contributed by atoms with E-state index >= 15 is 0 Å². The van der Waals surface area contributed by atoms with E-state index in [1.807, 2.05) is 6.92 Å². The molecule has 4 atom stereocenters. The second kappa shape index (κ2) is 5.80. The summed E-state index contributed by atoms with van der Waals surface area (Å²) in [6, 6.07) is 0.802. The van der Waals surface area contributed by atoms with E-state index < -0.39 is 0 Å². The summed E-state index contributed by atoms with van der Waals surface area (Å²) < 4.78 is 0. The number of hydrogen-bond donors (Lipinski definition) is 2. The third-order valence-electron chi connectivity index (χ3n) is 4.12. The number of nitrogens with one attached hydrogen (secondary N) is 1. The first kappa shape index (κ1) is 14.4. The third kappa shape index (κ3) is 3.18. The maximum atomic E-state index is 11.5. The van der Waals surface area contributed by atoms with Gasteiger partial charge in [0.25, 0.3) is 0 Å². The number of likely N-dealkylation sites (N-methyl/N-ethyl adjacent to an activating group) is 1. The molecule has 0 aromatic carbocycles. The van der Waals surface area contributed by atoms with Gasteiger partial charge in [-0.15, -0.1) is 0 Å². The minimum Gasteiger partial charge on any atom is -0.305 e. The van der Waals surface area contributed by atoms with Crippen molar-refractivity contribution in [2.24, 2.45) is 17.7 Å². The molecule has 1 amide bonds. The second-order valence-electron chi connectivity index (χ2n) is 5.50. The van der Waals surface area contributed by atoms with Gasteiger partial charge < -0.3 is 4.90 Å². The largest absolute Gasteiger partial charge is 0.305 e. The lowest BCUT2D eigenvalue weighted by atomic mass is 10.0. The highest BCUT2D eigenvalue weighted by Gasteiger charge is 2.36. The zero-order valence-corrected chi connectivity index (χ0v) is 11.6. The summed E-state index contributed by atoms with van der Waals surface area (Å²) >= 11 is 0. The van der Waals surface area contributed by atoms with Crippen LogP contribution < -0.4 is 11.3 Å². The Labute approximate surface area is 104 Å². The molecule has 1 aliphatic rings. The Balaban J connectivity index is 2.61. The predicted molar refractivity (Wildman–Crippen MR) is 69.2 cm³/mol. The van der Waals surface area contributed by atoms with Gasteiger partial charge in [0.15, 0.2) is 0 Å². The molecule has 5 heteroatoms. The van der Waals surface area contributed by atoms with Crippen molar-refractivity contribution in [3.63, 3.8) is 0 Å². The Hall–Kier alpha value is -0.650. The summed E-state index contributed by atoms with van der Waals surface area (Å²) in [5.41, 5.74) is 2.24. The lowest BCUT2D eigenvalue weighted by Crippen LogP contribution is -2.46. The molecule has 0 aromatic rings. The van der Waals surface area contributed by atoms with Crippen molar-refractivity contribution < 1.29 is 4.79 Å². The van der Waals surface area contributed by atoms with Crippen molar-refractivity contribution in [2.45, 2.75) is 32.9 Å². The number of hydrazine groups is 1. The van der Waals surface area contributed by atoms with Crippen molar-refractivity contribution >= 4 is 5.91 Å². The Morgan fingerprint density at radius 3 is 2.41 bits per heavy atom. The smallest absolute Gasteiger partial charge is 0.238 e. The van der Waals surface area contributed by atoms with E-state index in [1.165, 1.54) is 0 Å². The van der Waals surface area contributed by atoms with Gasteiger partial charge in [0.1, 0.15) is 0 Å². The summed E-state index contributed by atoms with van der Waals surface area (Å²) in [6.45, 7) is 8.37. The Kier molecular flexibility index (Phi) is 4.91. The van der Waals surface area contributed by atoms with E-state index in [0.29, 0.717) is 12.0 Å². The van der Waals surface area contributed by atoms with Crippen LogP contribution in [0.4, 0.5) is 0 Å². The van der Waals surface area contributed by atoms with Crippen molar-refractivity contribution in [2.75, 3.05) is 27.2 Å². The maximum Gasteiger partial charge on any atom is 0.238 e. The monoisotopic (exact) mass is 242 g/mol. The van der Waals surface area contributed by atoms with Crippen LogP contribution in [0.1, 0.15) is 20.8 Å². The Morgan fingerprint density at radius 2 is 2.00 bits per heavy atom. The van der Waals surface area contributed by atoms with Crippen LogP contribution >= 0.6 is 0 Å². The molecule has 0 aromatic heterocycles. The predicted octanol–water partition coefficient (Wildman–Crippen LogP) is -0.117. The molecule has 3 N–H and O–H groups in total. The van der Waals surface area contributed by atoms with Gasteiger partial charge in [-0.25, -0.2) is 5.84 Å². The van der Waals surface area contributed by atoms with Gasteiger partial charge in [-0.2, -0.15) is 0 Å². The first-order chi connectivity index (χ1) is 7.88. The normalized spacial score (nSPS) is 29.4. The summed E-state index contributed by atoms with van der Waals surface area (Å²) in [5, 5.41) is 0. The second-order valence-corrected chi connectivity index (χ2v) is 5.50. The van der Waals surface area contributed by atoms with Crippen LogP contribution in [0.3, 0.4) is 0 Å². The van der Waals surface area contributed by atoms with Crippen molar-refractivity contribution in [1.29, 1.82) is 0 Å². The fraction of sp³-hybridized carbons (Fsp3) is 0.917. The number of nitrogens with two attached hydrogens (primary N) is 1. The number of carbonyl (C=O) groups is 1. The number of hydrogen-bond acceptors (Lipinski definition) is 4. The molecule has 1 aliphatic heterocycles. The molecule has 100 valence electrons. The quantitative estimate of drug-likeness (QED) is 0.410.